The summed E-state index contributed by atoms with van der Waals surface area (Å²) in [7, 11) is 0. The van der Waals surface area contributed by atoms with Gasteiger partial charge in [0.2, 0.25) is 0 Å². The quantitative estimate of drug-likeness (QED) is 0.151. The van der Waals surface area contributed by atoms with Gasteiger partial charge in [0.05, 0.1) is 49.7 Å². The Balaban J connectivity index is 0.0000000915. The molecule has 33 rings (SSSR count). The minimum Gasteiger partial charge on any atom is -0.456 e. The number of hydrogen-bond donors (Lipinski definition) is 0. The van der Waals surface area contributed by atoms with Gasteiger partial charge in [0.25, 0.3) is 0 Å². The van der Waals surface area contributed by atoms with Gasteiger partial charge < -0.3 is 35.3 Å². The third-order valence-corrected chi connectivity index (χ3v) is 31.4. The number of aromatic nitrogens is 3. The second-order valence-corrected chi connectivity index (χ2v) is 39.1. The average molecular weight is 1640 g/mol. The molecule has 0 amide bonds. The highest BCUT2D eigenvalue weighted by atomic mass is 16.3. The highest BCUT2D eigenvalue weighted by molar-refractivity contribution is 6.38. The van der Waals surface area contributed by atoms with Crippen molar-refractivity contribution in [2.24, 2.45) is 0 Å². The topological polar surface area (TPSA) is 78.9 Å². The monoisotopic (exact) mass is 1640 g/mol. The second-order valence-electron chi connectivity index (χ2n) is 39.1. The van der Waals surface area contributed by atoms with Gasteiger partial charge in [-0.25, -0.2) is 0 Å². The number of rotatable bonds is 0. The molecule has 0 aliphatic heterocycles. The van der Waals surface area contributed by atoms with E-state index in [1.165, 1.54) is 214 Å². The van der Waals surface area contributed by atoms with Crippen LogP contribution in [-0.2, 0) is 21.7 Å². The first-order valence-electron chi connectivity index (χ1n) is 44.9. The number of hydrogen-bond acceptors (Lipinski definition) is 5. The Labute approximate surface area is 729 Å². The van der Waals surface area contributed by atoms with Gasteiger partial charge in [-0.05, 0) is 198 Å². The number of fused-ring (bicyclic) bond motifs is 50. The number of furan rings is 5. The summed E-state index contributed by atoms with van der Waals surface area (Å²) in [6.07, 6.45) is 0. The fourth-order valence-electron chi connectivity index (χ4n) is 26.1. The molecule has 8 nitrogen and oxygen atoms in total. The lowest BCUT2D eigenvalue weighted by Crippen LogP contribution is -2.15. The summed E-state index contributed by atoms with van der Waals surface area (Å²) in [4.78, 5) is 0. The minimum atomic E-state index is -0.134. The number of para-hydroxylation sites is 5. The molecule has 0 spiro atoms. The number of benzene rings is 18. The molecule has 0 unspecified atom stereocenters. The molecule has 0 radical (unpaired) electrons. The van der Waals surface area contributed by atoms with Gasteiger partial charge in [-0.3, -0.25) is 0 Å². The fourth-order valence-corrected chi connectivity index (χ4v) is 26.1. The van der Waals surface area contributed by atoms with Crippen LogP contribution in [0.5, 0.6) is 0 Å². The van der Waals surface area contributed by atoms with E-state index < -0.39 is 0 Å². The predicted octanol–water partition coefficient (Wildman–Crippen LogP) is 33.2. The summed E-state index contributed by atoms with van der Waals surface area (Å²) in [6.45, 7) is 19.1. The van der Waals surface area contributed by atoms with Crippen molar-refractivity contribution in [1.29, 1.82) is 0 Å². The molecule has 11 aromatic heterocycles. The van der Waals surface area contributed by atoms with Crippen LogP contribution in [0.3, 0.4) is 0 Å². The molecule has 0 saturated carbocycles. The lowest BCUT2D eigenvalue weighted by atomic mass is 9.79. The highest BCUT2D eigenvalue weighted by Gasteiger charge is 2.45. The van der Waals surface area contributed by atoms with Crippen LogP contribution < -0.4 is 0 Å². The van der Waals surface area contributed by atoms with E-state index in [0.29, 0.717) is 0 Å². The smallest absolute Gasteiger partial charge is 0.136 e. The summed E-state index contributed by atoms with van der Waals surface area (Å²) in [5, 5.41) is 27.1. The fraction of sp³-hybridized carbons (Fsp3) is 0.100. The Kier molecular flexibility index (Phi) is 12.2. The zero-order valence-electron chi connectivity index (χ0n) is 71.3. The van der Waals surface area contributed by atoms with Gasteiger partial charge in [-0.15, -0.1) is 0 Å². The molecule has 4 aliphatic carbocycles. The van der Waals surface area contributed by atoms with E-state index >= 15 is 0 Å². The predicted molar refractivity (Wildman–Crippen MR) is 530 cm³/mol. The largest absolute Gasteiger partial charge is 0.456 e. The van der Waals surface area contributed by atoms with Gasteiger partial charge in [0.1, 0.15) is 55.8 Å². The standard InChI is InChI=1S/C42H29NO.2C39H23NO2/c1-41(2)28-14-8-5-11-22(28)24-17-19-30-34(38(24)41)27-21-33-35(26-13-7-10-16-32(26)44-33)37-36-31(43(30)40(27)37)20-18-25-23-12-6-9-15-29(23)42(3,4)39(25)36;1-39(2)28-12-6-3-11-22(28)36-29(39)15-26-23-18-34-24(20-9-4-7-13-32(20)41-34)16-30(23)40-31-17-25-21-10-5-8-14-33(21)42-35(25)19-27(31)37(36)38(26)40;1-39(2)29-12-6-3-9-20(29)26-15-27-23-18-34-24(21-10-4-7-13-32(21)41-34)16-30(23)40-31-17-25-22-11-5-8-14-33(22)42-35(25)19-28(31)36(37(26)39)38(27)40/h5-21H,1-4H3;2*3-19H,1-2H3. The molecule has 18 aromatic carbocycles. The van der Waals surface area contributed by atoms with Gasteiger partial charge in [0.15, 0.2) is 0 Å². The van der Waals surface area contributed by atoms with Gasteiger partial charge in [-0.1, -0.05) is 256 Å². The van der Waals surface area contributed by atoms with Gasteiger partial charge >= 0.3 is 0 Å². The SMILES string of the molecule is CC1(C)c2ccccc2-c2c1cc1c3cc4oc5ccccc5c4cc3n3c4cc5c(cc4c2c13)oc1ccccc15.CC1(C)c2ccccc2-c2cc3c4cc5oc6ccccc6c5cc4n4c5cc6c(cc5c(c21)c34)oc1ccccc16.CC1(C)c2ccccc2-c2ccc3c(c21)c1cc2oc4ccccc4c2c2c4c5c(ccc4n3c12)-c1ccccc1C5(C)C. The zero-order valence-corrected chi connectivity index (χ0v) is 71.3. The van der Waals surface area contributed by atoms with Crippen LogP contribution in [0.15, 0.2) is 331 Å². The average Bonchev–Trinajstić information content (AvgIpc) is 1.50. The lowest BCUT2D eigenvalue weighted by molar-refractivity contribution is 0.661. The van der Waals surface area contributed by atoms with Crippen LogP contribution in [0.2, 0.25) is 0 Å². The maximum atomic E-state index is 6.72. The third-order valence-electron chi connectivity index (χ3n) is 31.4. The van der Waals surface area contributed by atoms with E-state index in [4.69, 9.17) is 22.1 Å². The van der Waals surface area contributed by atoms with Crippen LogP contribution in [0.25, 0.3) is 268 Å². The molecule has 0 bridgehead atoms. The summed E-state index contributed by atoms with van der Waals surface area (Å²) in [6, 6.07) is 113. The first-order chi connectivity index (χ1) is 62.5. The Morgan fingerprint density at radius 1 is 0.172 bits per heavy atom. The van der Waals surface area contributed by atoms with E-state index in [2.05, 4.69) is 354 Å². The highest BCUT2D eigenvalue weighted by Crippen LogP contribution is 2.63. The minimum absolute atomic E-state index is 0.110. The Hall–Kier alpha value is -15.6. The lowest BCUT2D eigenvalue weighted by Gasteiger charge is -2.23. The van der Waals surface area contributed by atoms with Crippen molar-refractivity contribution in [2.45, 2.75) is 77.0 Å². The maximum Gasteiger partial charge on any atom is 0.136 e. The third kappa shape index (κ3) is 8.03. The summed E-state index contributed by atoms with van der Waals surface area (Å²) in [5.41, 5.74) is 42.2. The molecular formula is C120H75N3O5. The van der Waals surface area contributed by atoms with Crippen molar-refractivity contribution in [3.05, 3.63) is 354 Å². The van der Waals surface area contributed by atoms with Gasteiger partial charge in [0, 0.05) is 140 Å². The van der Waals surface area contributed by atoms with E-state index in [-0.39, 0.29) is 21.7 Å². The molecule has 600 valence electrons. The zero-order chi connectivity index (χ0) is 84.2. The van der Waals surface area contributed by atoms with Crippen molar-refractivity contribution in [3.63, 3.8) is 0 Å². The molecule has 0 N–H and O–H groups in total. The van der Waals surface area contributed by atoms with Crippen molar-refractivity contribution >= 4 is 224 Å². The van der Waals surface area contributed by atoms with Crippen LogP contribution in [0, 0.1) is 0 Å². The van der Waals surface area contributed by atoms with Crippen molar-refractivity contribution < 1.29 is 22.1 Å². The molecule has 11 heterocycles. The number of nitrogens with zero attached hydrogens (tertiary/aromatic N) is 3. The van der Waals surface area contributed by atoms with E-state index in [9.17, 15) is 0 Å². The Morgan fingerprint density at radius 3 is 0.984 bits per heavy atom. The Morgan fingerprint density at radius 2 is 0.500 bits per heavy atom. The molecule has 0 saturated heterocycles. The van der Waals surface area contributed by atoms with Crippen molar-refractivity contribution in [1.82, 2.24) is 13.2 Å². The first kappa shape index (κ1) is 68.8. The van der Waals surface area contributed by atoms with Crippen LogP contribution in [0.1, 0.15) is 99.9 Å². The molecule has 128 heavy (non-hydrogen) atoms. The molecule has 29 aromatic rings. The summed E-state index contributed by atoms with van der Waals surface area (Å²) < 4.78 is 40.0. The van der Waals surface area contributed by atoms with Crippen molar-refractivity contribution in [3.8, 4) is 44.5 Å². The second kappa shape index (κ2) is 22.7. The maximum absolute atomic E-state index is 6.72. The normalized spacial score (nSPS) is 15.1. The van der Waals surface area contributed by atoms with E-state index in [1.807, 2.05) is 24.3 Å². The van der Waals surface area contributed by atoms with Gasteiger partial charge in [-0.2, -0.15) is 0 Å². The molecule has 0 fully saturated rings. The molecule has 0 atom stereocenters. The van der Waals surface area contributed by atoms with Crippen LogP contribution in [-0.4, -0.2) is 13.2 Å². The molecule has 8 heteroatoms. The molecule has 4 aliphatic rings. The molecular weight excluding hydrogens is 1560 g/mol. The van der Waals surface area contributed by atoms with Crippen LogP contribution >= 0.6 is 0 Å². The van der Waals surface area contributed by atoms with Crippen molar-refractivity contribution in [2.75, 3.05) is 0 Å². The summed E-state index contributed by atoms with van der Waals surface area (Å²) in [5.74, 6) is 0. The van der Waals surface area contributed by atoms with E-state index in [1.54, 1.807) is 0 Å². The first-order valence-corrected chi connectivity index (χ1v) is 44.9. The van der Waals surface area contributed by atoms with Crippen LogP contribution in [0.4, 0.5) is 0 Å². The summed E-state index contributed by atoms with van der Waals surface area (Å²) >= 11 is 0. The Bertz CT molecular complexity index is 10200. The van der Waals surface area contributed by atoms with E-state index in [0.717, 1.165) is 98.9 Å².